The quantitative estimate of drug-likeness (QED) is 0.638. The predicted octanol–water partition coefficient (Wildman–Crippen LogP) is 1.23. The largest absolute Gasteiger partial charge is 0.490 e. The van der Waals surface area contributed by atoms with Gasteiger partial charge in [0.1, 0.15) is 11.5 Å². The second-order valence-corrected chi connectivity index (χ2v) is 3.92. The molecular weight excluding hydrogens is 278 g/mol. The molecule has 9 nitrogen and oxygen atoms in total. The summed E-state index contributed by atoms with van der Waals surface area (Å²) in [4.78, 5) is 29.8. The summed E-state index contributed by atoms with van der Waals surface area (Å²) >= 11 is 0. The number of nitrogen functional groups attached to an aromatic ring is 1. The first-order valence-corrected chi connectivity index (χ1v) is 5.72. The van der Waals surface area contributed by atoms with Gasteiger partial charge in [0.2, 0.25) is 0 Å². The number of anilines is 2. The third-order valence-electron chi connectivity index (χ3n) is 2.54. The lowest BCUT2D eigenvalue weighted by Gasteiger charge is -2.06. The highest BCUT2D eigenvalue weighted by Gasteiger charge is 2.16. The number of amides is 1. The van der Waals surface area contributed by atoms with Crippen LogP contribution in [0, 0.1) is 10.1 Å². The minimum absolute atomic E-state index is 0.0441. The van der Waals surface area contributed by atoms with Crippen molar-refractivity contribution in [3.05, 3.63) is 46.4 Å². The van der Waals surface area contributed by atoms with Gasteiger partial charge in [-0.2, -0.15) is 0 Å². The molecule has 0 spiro atoms. The second kappa shape index (κ2) is 5.82. The highest BCUT2D eigenvalue weighted by atomic mass is 16.6. The van der Waals surface area contributed by atoms with Crippen molar-refractivity contribution >= 4 is 23.1 Å². The monoisotopic (exact) mass is 289 g/mol. The highest BCUT2D eigenvalue weighted by molar-refractivity contribution is 6.02. The van der Waals surface area contributed by atoms with E-state index in [-0.39, 0.29) is 28.6 Å². The van der Waals surface area contributed by atoms with Gasteiger partial charge in [-0.05, 0) is 12.1 Å². The Labute approximate surface area is 118 Å². The Bertz CT molecular complexity index is 687. The smallest absolute Gasteiger partial charge is 0.312 e. The van der Waals surface area contributed by atoms with Gasteiger partial charge >= 0.3 is 5.69 Å². The van der Waals surface area contributed by atoms with Gasteiger partial charge < -0.3 is 15.8 Å². The fraction of sp³-hybridized carbons (Fsp3) is 0.0833. The first kappa shape index (κ1) is 14.2. The summed E-state index contributed by atoms with van der Waals surface area (Å²) in [6, 6.07) is 4.07. The van der Waals surface area contributed by atoms with E-state index in [1.807, 2.05) is 0 Å². The van der Waals surface area contributed by atoms with Crippen LogP contribution in [0.1, 0.15) is 10.5 Å². The van der Waals surface area contributed by atoms with E-state index in [4.69, 9.17) is 10.5 Å². The van der Waals surface area contributed by atoms with E-state index in [1.165, 1.54) is 37.7 Å². The number of carbonyl (C=O) groups is 1. The van der Waals surface area contributed by atoms with Gasteiger partial charge in [0.05, 0.1) is 24.4 Å². The van der Waals surface area contributed by atoms with Crippen molar-refractivity contribution in [3.8, 4) is 5.75 Å². The second-order valence-electron chi connectivity index (χ2n) is 3.92. The van der Waals surface area contributed by atoms with E-state index < -0.39 is 10.8 Å². The van der Waals surface area contributed by atoms with Crippen LogP contribution in [0.15, 0.2) is 30.6 Å². The van der Waals surface area contributed by atoms with E-state index in [2.05, 4.69) is 15.3 Å². The summed E-state index contributed by atoms with van der Waals surface area (Å²) in [5.74, 6) is -0.265. The molecule has 0 radical (unpaired) electrons. The Balaban J connectivity index is 2.23. The van der Waals surface area contributed by atoms with Crippen molar-refractivity contribution in [1.29, 1.82) is 0 Å². The molecule has 0 aliphatic carbocycles. The van der Waals surface area contributed by atoms with Gasteiger partial charge in [-0.25, -0.2) is 9.97 Å². The molecule has 0 atom stereocenters. The molecule has 9 heteroatoms. The predicted molar refractivity (Wildman–Crippen MR) is 74.0 cm³/mol. The third-order valence-corrected chi connectivity index (χ3v) is 2.54. The number of nitrogens with one attached hydrogen (secondary N) is 1. The number of nitrogens with two attached hydrogens (primary N) is 1. The summed E-state index contributed by atoms with van der Waals surface area (Å²) in [6.07, 6.45) is 2.45. The zero-order chi connectivity index (χ0) is 15.4. The molecule has 0 aliphatic rings. The van der Waals surface area contributed by atoms with Gasteiger partial charge in [0.25, 0.3) is 5.91 Å². The molecule has 0 saturated carbocycles. The zero-order valence-corrected chi connectivity index (χ0v) is 10.9. The molecule has 2 rings (SSSR count). The van der Waals surface area contributed by atoms with Crippen molar-refractivity contribution in [2.75, 3.05) is 18.2 Å². The molecular formula is C12H11N5O4. The fourth-order valence-electron chi connectivity index (χ4n) is 1.56. The van der Waals surface area contributed by atoms with Gasteiger partial charge in [0.15, 0.2) is 5.75 Å². The lowest BCUT2D eigenvalue weighted by molar-refractivity contribution is -0.385. The maximum Gasteiger partial charge on any atom is 0.312 e. The van der Waals surface area contributed by atoms with Crippen LogP contribution in [-0.2, 0) is 0 Å². The SMILES string of the molecule is COc1ccc(NC(=O)c2cnc(N)cn2)cc1[N+](=O)[O-]. The molecule has 0 bridgehead atoms. The number of carbonyl (C=O) groups excluding carboxylic acids is 1. The Morgan fingerprint density at radius 1 is 1.38 bits per heavy atom. The lowest BCUT2D eigenvalue weighted by Crippen LogP contribution is -2.14. The van der Waals surface area contributed by atoms with Crippen molar-refractivity contribution in [3.63, 3.8) is 0 Å². The Morgan fingerprint density at radius 2 is 2.14 bits per heavy atom. The summed E-state index contributed by atoms with van der Waals surface area (Å²) < 4.78 is 4.87. The molecule has 1 heterocycles. The maximum atomic E-state index is 11.9. The van der Waals surface area contributed by atoms with E-state index in [0.717, 1.165) is 0 Å². The number of ether oxygens (including phenoxy) is 1. The normalized spacial score (nSPS) is 9.95. The van der Waals surface area contributed by atoms with Gasteiger partial charge in [-0.15, -0.1) is 0 Å². The number of nitrogens with zero attached hydrogens (tertiary/aromatic N) is 3. The highest BCUT2D eigenvalue weighted by Crippen LogP contribution is 2.29. The number of rotatable bonds is 4. The molecule has 108 valence electrons. The summed E-state index contributed by atoms with van der Waals surface area (Å²) in [7, 11) is 1.32. The number of hydrogen-bond acceptors (Lipinski definition) is 7. The van der Waals surface area contributed by atoms with Crippen molar-refractivity contribution < 1.29 is 14.5 Å². The fourth-order valence-corrected chi connectivity index (χ4v) is 1.56. The first-order valence-electron chi connectivity index (χ1n) is 5.72. The molecule has 0 unspecified atom stereocenters. The average molecular weight is 289 g/mol. The molecule has 1 aromatic carbocycles. The van der Waals surface area contributed by atoms with Gasteiger partial charge in [0, 0.05) is 11.8 Å². The summed E-state index contributed by atoms with van der Waals surface area (Å²) in [5.41, 5.74) is 5.41. The third kappa shape index (κ3) is 3.21. The summed E-state index contributed by atoms with van der Waals surface area (Å²) in [5, 5.41) is 13.4. The van der Waals surface area contributed by atoms with Crippen LogP contribution < -0.4 is 15.8 Å². The Morgan fingerprint density at radius 3 is 2.71 bits per heavy atom. The minimum Gasteiger partial charge on any atom is -0.490 e. The molecule has 0 fully saturated rings. The molecule has 1 amide bonds. The first-order chi connectivity index (χ1) is 10.0. The molecule has 1 aromatic heterocycles. The average Bonchev–Trinajstić information content (AvgIpc) is 2.47. The molecule has 0 aliphatic heterocycles. The van der Waals surface area contributed by atoms with Crippen LogP contribution in [0.4, 0.5) is 17.2 Å². The van der Waals surface area contributed by atoms with E-state index in [1.54, 1.807) is 0 Å². The van der Waals surface area contributed by atoms with Crippen molar-refractivity contribution in [2.24, 2.45) is 0 Å². The number of hydrogen-bond donors (Lipinski definition) is 2. The maximum absolute atomic E-state index is 11.9. The zero-order valence-electron chi connectivity index (χ0n) is 10.9. The van der Waals surface area contributed by atoms with Crippen LogP contribution >= 0.6 is 0 Å². The van der Waals surface area contributed by atoms with E-state index in [0.29, 0.717) is 0 Å². The topological polar surface area (TPSA) is 133 Å². The van der Waals surface area contributed by atoms with Crippen LogP contribution in [0.2, 0.25) is 0 Å². The van der Waals surface area contributed by atoms with Crippen molar-refractivity contribution in [1.82, 2.24) is 9.97 Å². The number of benzene rings is 1. The Hall–Kier alpha value is -3.23. The lowest BCUT2D eigenvalue weighted by atomic mass is 10.2. The molecule has 0 saturated heterocycles. The number of aromatic nitrogens is 2. The molecule has 3 N–H and O–H groups in total. The van der Waals surface area contributed by atoms with E-state index >= 15 is 0 Å². The standard InChI is InChI=1S/C12H11N5O4/c1-21-10-3-2-7(4-9(10)17(19)20)16-12(18)8-5-15-11(13)6-14-8/h2-6H,1H3,(H2,13,15)(H,16,18). The van der Waals surface area contributed by atoms with Crippen LogP contribution in [0.25, 0.3) is 0 Å². The van der Waals surface area contributed by atoms with Crippen LogP contribution in [0.3, 0.4) is 0 Å². The Kier molecular flexibility index (Phi) is 3.93. The number of nitro groups is 1. The van der Waals surface area contributed by atoms with E-state index in [9.17, 15) is 14.9 Å². The van der Waals surface area contributed by atoms with Gasteiger partial charge in [-0.3, -0.25) is 14.9 Å². The number of methoxy groups -OCH3 is 1. The van der Waals surface area contributed by atoms with Crippen LogP contribution in [0.5, 0.6) is 5.75 Å². The molecule has 2 aromatic rings. The summed E-state index contributed by atoms with van der Waals surface area (Å²) in [6.45, 7) is 0. The number of nitro benzene ring substituents is 1. The molecule has 21 heavy (non-hydrogen) atoms. The van der Waals surface area contributed by atoms with Gasteiger partial charge in [-0.1, -0.05) is 0 Å². The minimum atomic E-state index is -0.600. The van der Waals surface area contributed by atoms with Crippen LogP contribution in [-0.4, -0.2) is 27.9 Å². The van der Waals surface area contributed by atoms with Crippen molar-refractivity contribution in [2.45, 2.75) is 0 Å².